The Morgan fingerprint density at radius 1 is 1.55 bits per heavy atom. The third kappa shape index (κ3) is 3.01. The highest BCUT2D eigenvalue weighted by Gasteiger charge is 2.42. The maximum atomic E-state index is 12.6. The maximum Gasteiger partial charge on any atom is 0.321 e. The van der Waals surface area contributed by atoms with Crippen molar-refractivity contribution in [2.75, 3.05) is 13.2 Å². The first kappa shape index (κ1) is 15.4. The highest BCUT2D eigenvalue weighted by atomic mass is 79.9. The predicted octanol–water partition coefficient (Wildman–Crippen LogP) is 0.294. The topological polar surface area (TPSA) is 94.4 Å². The van der Waals surface area contributed by atoms with Crippen molar-refractivity contribution in [3.8, 4) is 0 Å². The number of rotatable bonds is 6. The molecule has 0 spiro atoms. The Morgan fingerprint density at radius 3 is 2.65 bits per heavy atom. The van der Waals surface area contributed by atoms with Crippen molar-refractivity contribution in [3.63, 3.8) is 0 Å². The zero-order valence-corrected chi connectivity index (χ0v) is 13.5. The largest absolute Gasteiger partial charge is 0.465 e. The van der Waals surface area contributed by atoms with Gasteiger partial charge in [-0.2, -0.15) is 4.31 Å². The molecule has 20 heavy (non-hydrogen) atoms. The number of esters is 1. The molecule has 10 heteroatoms. The monoisotopic (exact) mass is 366 g/mol. The highest BCUT2D eigenvalue weighted by Crippen LogP contribution is 2.33. The molecule has 1 saturated carbocycles. The number of hydrogen-bond acceptors (Lipinski definition) is 6. The molecule has 0 bridgehead atoms. The lowest BCUT2D eigenvalue weighted by molar-refractivity contribution is -0.143. The molecule has 1 fully saturated rings. The van der Waals surface area contributed by atoms with E-state index < -0.39 is 16.0 Å². The van der Waals surface area contributed by atoms with Crippen LogP contribution in [0.25, 0.3) is 0 Å². The molecule has 0 amide bonds. The number of hydrogen-bond donors (Lipinski definition) is 0. The van der Waals surface area contributed by atoms with Crippen LogP contribution in [-0.2, 0) is 26.6 Å². The average molecular weight is 367 g/mol. The molecule has 1 aromatic heterocycles. The van der Waals surface area contributed by atoms with Gasteiger partial charge in [-0.05, 0) is 35.7 Å². The second kappa shape index (κ2) is 5.78. The summed E-state index contributed by atoms with van der Waals surface area (Å²) in [6.07, 6.45) is 1.48. The molecule has 0 aliphatic heterocycles. The summed E-state index contributed by atoms with van der Waals surface area (Å²) in [5.74, 6) is -0.561. The Labute approximate surface area is 125 Å². The standard InChI is InChI=1S/C10H15BrN4O4S/c1-3-19-8(16)6-15(7-4-5-7)20(17,18)10-9(11)12-13-14(10)2/h7H,3-6H2,1-2H3. The Balaban J connectivity index is 2.31. The van der Waals surface area contributed by atoms with Crippen LogP contribution in [0.15, 0.2) is 9.63 Å². The van der Waals surface area contributed by atoms with Crippen LogP contribution >= 0.6 is 15.9 Å². The number of halogens is 1. The van der Waals surface area contributed by atoms with Crippen molar-refractivity contribution in [2.24, 2.45) is 7.05 Å². The van der Waals surface area contributed by atoms with Crippen LogP contribution < -0.4 is 0 Å². The third-order valence-electron chi connectivity index (χ3n) is 2.83. The molecule has 0 saturated heterocycles. The summed E-state index contributed by atoms with van der Waals surface area (Å²) in [5.41, 5.74) is 0. The molecule has 8 nitrogen and oxygen atoms in total. The van der Waals surface area contributed by atoms with Crippen molar-refractivity contribution in [1.29, 1.82) is 0 Å². The van der Waals surface area contributed by atoms with Gasteiger partial charge in [-0.15, -0.1) is 5.10 Å². The van der Waals surface area contributed by atoms with Gasteiger partial charge in [0.1, 0.15) is 6.54 Å². The minimum atomic E-state index is -3.85. The van der Waals surface area contributed by atoms with Gasteiger partial charge in [-0.25, -0.2) is 13.1 Å². The molecule has 0 atom stereocenters. The minimum Gasteiger partial charge on any atom is -0.465 e. The SMILES string of the molecule is CCOC(=O)CN(C1CC1)S(=O)(=O)c1c(Br)nnn1C. The molecule has 1 aliphatic carbocycles. The van der Waals surface area contributed by atoms with E-state index >= 15 is 0 Å². The quantitative estimate of drug-likeness (QED) is 0.671. The van der Waals surface area contributed by atoms with Gasteiger partial charge < -0.3 is 4.74 Å². The fraction of sp³-hybridized carbons (Fsp3) is 0.700. The van der Waals surface area contributed by atoms with Crippen LogP contribution in [0.2, 0.25) is 0 Å². The van der Waals surface area contributed by atoms with Crippen molar-refractivity contribution in [3.05, 3.63) is 4.60 Å². The molecule has 0 N–H and O–H groups in total. The van der Waals surface area contributed by atoms with Gasteiger partial charge in [-0.3, -0.25) is 4.79 Å². The van der Waals surface area contributed by atoms with E-state index in [-0.39, 0.29) is 28.8 Å². The second-order valence-corrected chi connectivity index (χ2v) is 6.95. The summed E-state index contributed by atoms with van der Waals surface area (Å²) in [6, 6.07) is -0.161. The molecule has 1 aliphatic rings. The first-order valence-electron chi connectivity index (χ1n) is 6.10. The van der Waals surface area contributed by atoms with Crippen molar-refractivity contribution in [1.82, 2.24) is 19.3 Å². The van der Waals surface area contributed by atoms with E-state index in [0.717, 1.165) is 17.1 Å². The Kier molecular flexibility index (Phi) is 4.45. The van der Waals surface area contributed by atoms with Gasteiger partial charge in [0.15, 0.2) is 4.60 Å². The molecule has 0 aromatic carbocycles. The normalized spacial score (nSPS) is 15.6. The molecule has 0 radical (unpaired) electrons. The van der Waals surface area contributed by atoms with Gasteiger partial charge in [0.05, 0.1) is 6.61 Å². The fourth-order valence-corrected chi connectivity index (χ4v) is 4.48. The number of aryl methyl sites for hydroxylation is 1. The van der Waals surface area contributed by atoms with Gasteiger partial charge >= 0.3 is 5.97 Å². The van der Waals surface area contributed by atoms with Crippen molar-refractivity contribution < 1.29 is 17.9 Å². The van der Waals surface area contributed by atoms with Gasteiger partial charge in [-0.1, -0.05) is 5.21 Å². The van der Waals surface area contributed by atoms with E-state index in [1.54, 1.807) is 6.92 Å². The van der Waals surface area contributed by atoms with Crippen molar-refractivity contribution >= 4 is 31.9 Å². The smallest absolute Gasteiger partial charge is 0.321 e. The van der Waals surface area contributed by atoms with Crippen LogP contribution in [0.4, 0.5) is 0 Å². The predicted molar refractivity (Wildman–Crippen MR) is 72.2 cm³/mol. The lowest BCUT2D eigenvalue weighted by Crippen LogP contribution is -2.39. The average Bonchev–Trinajstić information content (AvgIpc) is 3.12. The summed E-state index contributed by atoms with van der Waals surface area (Å²) >= 11 is 3.07. The van der Waals surface area contributed by atoms with Gasteiger partial charge in [0.2, 0.25) is 5.03 Å². The highest BCUT2D eigenvalue weighted by molar-refractivity contribution is 9.10. The maximum absolute atomic E-state index is 12.6. The molecule has 1 heterocycles. The van der Waals surface area contributed by atoms with Crippen LogP contribution in [0.5, 0.6) is 0 Å². The molecular formula is C10H15BrN4O4S. The van der Waals surface area contributed by atoms with Crippen LogP contribution in [0, 0.1) is 0 Å². The van der Waals surface area contributed by atoms with Gasteiger partial charge in [0, 0.05) is 13.1 Å². The molecule has 2 rings (SSSR count). The number of ether oxygens (including phenoxy) is 1. The van der Waals surface area contributed by atoms with Crippen LogP contribution in [-0.4, -0.2) is 52.9 Å². The van der Waals surface area contributed by atoms with Crippen LogP contribution in [0.1, 0.15) is 19.8 Å². The zero-order valence-electron chi connectivity index (χ0n) is 11.1. The summed E-state index contributed by atoms with van der Waals surface area (Å²) in [7, 11) is -2.36. The minimum absolute atomic E-state index is 0.0614. The van der Waals surface area contributed by atoms with E-state index in [9.17, 15) is 13.2 Å². The first-order valence-corrected chi connectivity index (χ1v) is 8.34. The summed E-state index contributed by atoms with van der Waals surface area (Å²) in [5, 5.41) is 7.26. The molecule has 1 aromatic rings. The summed E-state index contributed by atoms with van der Waals surface area (Å²) in [6.45, 7) is 1.60. The van der Waals surface area contributed by atoms with Gasteiger partial charge in [0.25, 0.3) is 10.0 Å². The summed E-state index contributed by atoms with van der Waals surface area (Å²) in [4.78, 5) is 11.6. The third-order valence-corrected chi connectivity index (χ3v) is 5.62. The van der Waals surface area contributed by atoms with E-state index in [1.165, 1.54) is 11.7 Å². The number of carbonyl (C=O) groups excluding carboxylic acids is 1. The van der Waals surface area contributed by atoms with E-state index in [0.29, 0.717) is 0 Å². The van der Waals surface area contributed by atoms with E-state index in [1.807, 2.05) is 0 Å². The zero-order chi connectivity index (χ0) is 14.9. The summed E-state index contributed by atoms with van der Waals surface area (Å²) < 4.78 is 32.6. The van der Waals surface area contributed by atoms with E-state index in [4.69, 9.17) is 4.74 Å². The second-order valence-electron chi connectivity index (χ2n) is 4.40. The first-order chi connectivity index (χ1) is 9.37. The Bertz CT molecular complexity index is 591. The van der Waals surface area contributed by atoms with Crippen LogP contribution in [0.3, 0.4) is 0 Å². The number of nitrogens with zero attached hydrogens (tertiary/aromatic N) is 4. The Morgan fingerprint density at radius 2 is 2.20 bits per heavy atom. The number of sulfonamides is 1. The van der Waals surface area contributed by atoms with E-state index in [2.05, 4.69) is 26.2 Å². The lowest BCUT2D eigenvalue weighted by atomic mass is 10.6. The fourth-order valence-electron chi connectivity index (χ4n) is 1.81. The molecular weight excluding hydrogens is 352 g/mol. The molecule has 112 valence electrons. The van der Waals surface area contributed by atoms with Crippen molar-refractivity contribution in [2.45, 2.75) is 30.8 Å². The number of carbonyl (C=O) groups is 1. The Hall–Kier alpha value is -1.00. The molecule has 0 unspecified atom stereocenters. The number of aromatic nitrogens is 3. The lowest BCUT2D eigenvalue weighted by Gasteiger charge is -2.20.